The first-order valence-corrected chi connectivity index (χ1v) is 7.40. The van der Waals surface area contributed by atoms with Crippen molar-refractivity contribution in [1.82, 2.24) is 4.57 Å². The van der Waals surface area contributed by atoms with Gasteiger partial charge in [0.25, 0.3) is 5.24 Å². The second-order valence-electron chi connectivity index (χ2n) is 5.36. The Labute approximate surface area is 122 Å². The molecule has 2 aromatic rings. The summed E-state index contributed by atoms with van der Waals surface area (Å²) in [6.45, 7) is 0. The van der Waals surface area contributed by atoms with E-state index in [1.54, 1.807) is 0 Å². The number of carbonyl (C=O) groups excluding carboxylic acids is 2. The van der Waals surface area contributed by atoms with Crippen LogP contribution in [-0.4, -0.2) is 15.6 Å². The first-order valence-electron chi connectivity index (χ1n) is 7.02. The van der Waals surface area contributed by atoms with Gasteiger partial charge < -0.3 is 4.57 Å². The number of Topliss-reactive ketones (excluding diaryl/α,β-unsaturated/α-hetero) is 1. The summed E-state index contributed by atoms with van der Waals surface area (Å²) in [7, 11) is 0. The van der Waals surface area contributed by atoms with Crippen LogP contribution in [0.15, 0.2) is 30.5 Å². The molecular formula is C16H16ClNO2. The second-order valence-corrected chi connectivity index (χ2v) is 5.71. The molecule has 1 heterocycles. The molecule has 104 valence electrons. The third-order valence-corrected chi connectivity index (χ3v) is 4.30. The van der Waals surface area contributed by atoms with E-state index < -0.39 is 11.0 Å². The van der Waals surface area contributed by atoms with E-state index in [2.05, 4.69) is 4.57 Å². The van der Waals surface area contributed by atoms with Gasteiger partial charge in [-0.3, -0.25) is 9.59 Å². The van der Waals surface area contributed by atoms with Crippen LogP contribution in [0.4, 0.5) is 0 Å². The van der Waals surface area contributed by atoms with Crippen LogP contribution in [-0.2, 0) is 4.79 Å². The quantitative estimate of drug-likeness (QED) is 0.485. The zero-order valence-electron chi connectivity index (χ0n) is 11.1. The first kappa shape index (κ1) is 13.4. The van der Waals surface area contributed by atoms with Gasteiger partial charge in [-0.05, 0) is 30.5 Å². The van der Waals surface area contributed by atoms with Crippen LogP contribution in [0.3, 0.4) is 0 Å². The molecule has 0 spiro atoms. The van der Waals surface area contributed by atoms with Crippen molar-refractivity contribution in [3.63, 3.8) is 0 Å². The lowest BCUT2D eigenvalue weighted by Crippen LogP contribution is -2.12. The Hall–Kier alpha value is -1.61. The fraction of sp³-hybridized carbons (Fsp3) is 0.375. The summed E-state index contributed by atoms with van der Waals surface area (Å²) in [5.41, 5.74) is 1.44. The van der Waals surface area contributed by atoms with Crippen LogP contribution in [0.1, 0.15) is 48.5 Å². The Bertz CT molecular complexity index is 668. The fourth-order valence-electron chi connectivity index (χ4n) is 3.15. The van der Waals surface area contributed by atoms with Gasteiger partial charge in [0, 0.05) is 23.1 Å². The Balaban J connectivity index is 2.13. The van der Waals surface area contributed by atoms with E-state index in [0.29, 0.717) is 11.6 Å². The van der Waals surface area contributed by atoms with Crippen LogP contribution in [0, 0.1) is 0 Å². The van der Waals surface area contributed by atoms with Crippen molar-refractivity contribution in [2.24, 2.45) is 0 Å². The number of carbonyl (C=O) groups is 2. The molecule has 0 saturated heterocycles. The molecule has 0 aliphatic heterocycles. The van der Waals surface area contributed by atoms with Gasteiger partial charge in [-0.2, -0.15) is 0 Å². The van der Waals surface area contributed by atoms with Gasteiger partial charge >= 0.3 is 0 Å². The average Bonchev–Trinajstić information content (AvgIpc) is 2.87. The van der Waals surface area contributed by atoms with Crippen molar-refractivity contribution in [1.29, 1.82) is 0 Å². The normalized spacial score (nSPS) is 16.4. The summed E-state index contributed by atoms with van der Waals surface area (Å²) in [5.74, 6) is -0.613. The largest absolute Gasteiger partial charge is 0.344 e. The summed E-state index contributed by atoms with van der Waals surface area (Å²) in [5, 5.41) is -0.103. The van der Waals surface area contributed by atoms with Gasteiger partial charge in [-0.1, -0.05) is 37.5 Å². The van der Waals surface area contributed by atoms with Crippen molar-refractivity contribution in [3.8, 4) is 0 Å². The highest BCUT2D eigenvalue weighted by atomic mass is 35.5. The zero-order valence-corrected chi connectivity index (χ0v) is 11.9. The third kappa shape index (κ3) is 2.27. The van der Waals surface area contributed by atoms with E-state index in [4.69, 9.17) is 11.6 Å². The third-order valence-electron chi connectivity index (χ3n) is 4.13. The van der Waals surface area contributed by atoms with Crippen molar-refractivity contribution in [2.45, 2.75) is 38.1 Å². The van der Waals surface area contributed by atoms with Gasteiger partial charge in [-0.15, -0.1) is 0 Å². The molecule has 3 nitrogen and oxygen atoms in total. The van der Waals surface area contributed by atoms with Gasteiger partial charge in [0.1, 0.15) is 0 Å². The molecule has 0 unspecified atom stereocenters. The molecule has 0 bridgehead atoms. The summed E-state index contributed by atoms with van der Waals surface area (Å²) in [6, 6.07) is 8.13. The summed E-state index contributed by atoms with van der Waals surface area (Å²) >= 11 is 5.36. The van der Waals surface area contributed by atoms with Crippen LogP contribution in [0.5, 0.6) is 0 Å². The molecule has 1 fully saturated rings. The SMILES string of the molecule is O=C(Cl)C(=O)c1cn(C2CCCCC2)c2ccccc12. The smallest absolute Gasteiger partial charge is 0.293 e. The van der Waals surface area contributed by atoms with Crippen LogP contribution >= 0.6 is 11.6 Å². The van der Waals surface area contributed by atoms with E-state index in [1.165, 1.54) is 19.3 Å². The minimum atomic E-state index is -0.920. The van der Waals surface area contributed by atoms with E-state index in [1.807, 2.05) is 30.5 Å². The molecular weight excluding hydrogens is 274 g/mol. The Morgan fingerprint density at radius 1 is 1.10 bits per heavy atom. The van der Waals surface area contributed by atoms with Gasteiger partial charge in [0.2, 0.25) is 5.78 Å². The lowest BCUT2D eigenvalue weighted by atomic mass is 9.95. The van der Waals surface area contributed by atoms with Gasteiger partial charge in [0.15, 0.2) is 0 Å². The van der Waals surface area contributed by atoms with E-state index >= 15 is 0 Å². The molecule has 0 amide bonds. The first-order chi connectivity index (χ1) is 9.68. The van der Waals surface area contributed by atoms with Gasteiger partial charge in [0.05, 0.1) is 5.56 Å². The van der Waals surface area contributed by atoms with E-state index in [-0.39, 0.29) is 0 Å². The molecule has 0 N–H and O–H groups in total. The number of ketones is 1. The average molecular weight is 290 g/mol. The zero-order chi connectivity index (χ0) is 14.1. The number of hydrogen-bond donors (Lipinski definition) is 0. The minimum Gasteiger partial charge on any atom is -0.344 e. The summed E-state index contributed by atoms with van der Waals surface area (Å²) in [6.07, 6.45) is 7.77. The molecule has 4 heteroatoms. The Kier molecular flexibility index (Phi) is 3.62. The number of aromatic nitrogens is 1. The fourth-order valence-corrected chi connectivity index (χ4v) is 3.25. The highest BCUT2D eigenvalue weighted by Crippen LogP contribution is 2.33. The number of halogens is 1. The molecule has 1 aliphatic carbocycles. The molecule has 1 aromatic carbocycles. The topological polar surface area (TPSA) is 39.1 Å². The van der Waals surface area contributed by atoms with Crippen LogP contribution < -0.4 is 0 Å². The van der Waals surface area contributed by atoms with Crippen molar-refractivity contribution >= 4 is 33.5 Å². The molecule has 3 rings (SSSR count). The van der Waals surface area contributed by atoms with Crippen molar-refractivity contribution in [3.05, 3.63) is 36.0 Å². The Morgan fingerprint density at radius 3 is 2.50 bits per heavy atom. The lowest BCUT2D eigenvalue weighted by molar-refractivity contribution is -0.108. The molecule has 20 heavy (non-hydrogen) atoms. The highest BCUT2D eigenvalue weighted by Gasteiger charge is 2.23. The maximum atomic E-state index is 12.0. The standard InChI is InChI=1S/C16H16ClNO2/c17-16(20)15(19)13-10-18(11-6-2-1-3-7-11)14-9-5-4-8-12(13)14/h4-5,8-11H,1-3,6-7H2. The molecule has 1 saturated carbocycles. The lowest BCUT2D eigenvalue weighted by Gasteiger charge is -2.24. The van der Waals surface area contributed by atoms with Crippen molar-refractivity contribution in [2.75, 3.05) is 0 Å². The summed E-state index contributed by atoms with van der Waals surface area (Å²) < 4.78 is 2.15. The molecule has 1 aliphatic rings. The minimum absolute atomic E-state index is 0.417. The number of rotatable bonds is 3. The monoisotopic (exact) mass is 289 g/mol. The van der Waals surface area contributed by atoms with Gasteiger partial charge in [-0.25, -0.2) is 0 Å². The van der Waals surface area contributed by atoms with Crippen molar-refractivity contribution < 1.29 is 9.59 Å². The number of hydrogen-bond acceptors (Lipinski definition) is 2. The van der Waals surface area contributed by atoms with E-state index in [9.17, 15) is 9.59 Å². The second kappa shape index (κ2) is 5.41. The number of nitrogens with zero attached hydrogens (tertiary/aromatic N) is 1. The number of para-hydroxylation sites is 1. The maximum Gasteiger partial charge on any atom is 0.293 e. The Morgan fingerprint density at radius 2 is 1.80 bits per heavy atom. The molecule has 0 radical (unpaired) electrons. The molecule has 1 aromatic heterocycles. The predicted octanol–water partition coefficient (Wildman–Crippen LogP) is 4.09. The molecule has 0 atom stereocenters. The van der Waals surface area contributed by atoms with E-state index in [0.717, 1.165) is 23.7 Å². The number of fused-ring (bicyclic) bond motifs is 1. The van der Waals surface area contributed by atoms with Crippen LogP contribution in [0.25, 0.3) is 10.9 Å². The maximum absolute atomic E-state index is 12.0. The van der Waals surface area contributed by atoms with Crippen LogP contribution in [0.2, 0.25) is 0 Å². The predicted molar refractivity (Wildman–Crippen MR) is 79.3 cm³/mol. The summed E-state index contributed by atoms with van der Waals surface area (Å²) in [4.78, 5) is 23.1. The number of benzene rings is 1. The highest BCUT2D eigenvalue weighted by molar-refractivity contribution is 6.83.